The average Bonchev–Trinajstić information content (AvgIpc) is 2.94. The molecule has 2 aromatic heterocycles. The van der Waals surface area contributed by atoms with Gasteiger partial charge in [0.25, 0.3) is 0 Å². The molecule has 2 rings (SSSR count). The zero-order chi connectivity index (χ0) is 13.5. The summed E-state index contributed by atoms with van der Waals surface area (Å²) in [4.78, 5) is 5.33. The highest BCUT2D eigenvalue weighted by molar-refractivity contribution is 7.05. The van der Waals surface area contributed by atoms with Crippen molar-refractivity contribution in [2.24, 2.45) is 0 Å². The quantitative estimate of drug-likeness (QED) is 0.843. The van der Waals surface area contributed by atoms with E-state index in [1.54, 1.807) is 12.4 Å². The number of ether oxygens (including phenoxy) is 1. The van der Waals surface area contributed by atoms with E-state index in [2.05, 4.69) is 26.8 Å². The lowest BCUT2D eigenvalue weighted by Gasteiger charge is -2.17. The van der Waals surface area contributed by atoms with Crippen molar-refractivity contribution in [3.05, 3.63) is 35.1 Å². The van der Waals surface area contributed by atoms with Crippen molar-refractivity contribution in [3.8, 4) is 5.75 Å². The molecule has 0 fully saturated rings. The maximum Gasteiger partial charge on any atom is 0.137 e. The van der Waals surface area contributed by atoms with Crippen LogP contribution >= 0.6 is 11.5 Å². The second-order valence-electron chi connectivity index (χ2n) is 4.09. The molecular formula is C13H18N4OS. The first-order valence-electron chi connectivity index (χ1n) is 6.43. The molecular weight excluding hydrogens is 260 g/mol. The molecule has 0 bridgehead atoms. The van der Waals surface area contributed by atoms with Crippen molar-refractivity contribution in [1.82, 2.24) is 19.9 Å². The Balaban J connectivity index is 2.24. The lowest BCUT2D eigenvalue weighted by molar-refractivity contribution is 0.338. The van der Waals surface area contributed by atoms with Gasteiger partial charge >= 0.3 is 0 Å². The van der Waals surface area contributed by atoms with Gasteiger partial charge in [-0.15, -0.1) is 5.10 Å². The first-order valence-corrected chi connectivity index (χ1v) is 7.20. The van der Waals surface area contributed by atoms with Crippen molar-refractivity contribution < 1.29 is 4.74 Å². The highest BCUT2D eigenvalue weighted by atomic mass is 32.1. The van der Waals surface area contributed by atoms with E-state index in [1.165, 1.54) is 11.5 Å². The number of rotatable bonds is 7. The third-order valence-corrected chi connectivity index (χ3v) is 3.37. The van der Waals surface area contributed by atoms with Gasteiger partial charge in [-0.3, -0.25) is 4.98 Å². The summed E-state index contributed by atoms with van der Waals surface area (Å²) in [6.45, 7) is 5.68. The summed E-state index contributed by atoms with van der Waals surface area (Å²) in [5.74, 6) is 0.792. The largest absolute Gasteiger partial charge is 0.492 e. The van der Waals surface area contributed by atoms with Crippen LogP contribution in [0.4, 0.5) is 0 Å². The van der Waals surface area contributed by atoms with E-state index >= 15 is 0 Å². The van der Waals surface area contributed by atoms with Crippen LogP contribution in [0.5, 0.6) is 5.75 Å². The Morgan fingerprint density at radius 3 is 2.89 bits per heavy atom. The first-order chi connectivity index (χ1) is 9.35. The molecule has 2 heterocycles. The zero-order valence-electron chi connectivity index (χ0n) is 11.2. The van der Waals surface area contributed by atoms with Gasteiger partial charge in [-0.1, -0.05) is 11.4 Å². The van der Waals surface area contributed by atoms with Gasteiger partial charge in [0.1, 0.15) is 5.75 Å². The van der Waals surface area contributed by atoms with Gasteiger partial charge in [0.2, 0.25) is 0 Å². The fourth-order valence-electron chi connectivity index (χ4n) is 1.81. The number of aromatic nitrogens is 3. The zero-order valence-corrected chi connectivity index (χ0v) is 12.0. The molecule has 0 radical (unpaired) electrons. The fraction of sp³-hybridized carbons (Fsp3) is 0.462. The molecule has 102 valence electrons. The summed E-state index contributed by atoms with van der Waals surface area (Å²) in [6.07, 6.45) is 6.46. The van der Waals surface area contributed by atoms with Crippen molar-refractivity contribution in [2.45, 2.75) is 26.3 Å². The number of hydrogen-bond acceptors (Lipinski definition) is 6. The molecule has 19 heavy (non-hydrogen) atoms. The van der Waals surface area contributed by atoms with Crippen LogP contribution in [0.2, 0.25) is 0 Å². The lowest BCUT2D eigenvalue weighted by atomic mass is 10.1. The Bertz CT molecular complexity index is 489. The maximum atomic E-state index is 5.50. The molecule has 0 saturated carbocycles. The molecule has 0 aliphatic rings. The SMILES string of the molecule is CCCNC(c1cncc(OCC)c1)c1cnns1. The Hall–Kier alpha value is -1.53. The molecule has 0 spiro atoms. The van der Waals surface area contributed by atoms with Crippen molar-refractivity contribution in [3.63, 3.8) is 0 Å². The van der Waals surface area contributed by atoms with Crippen LogP contribution in [0.25, 0.3) is 0 Å². The minimum absolute atomic E-state index is 0.0767. The molecule has 0 amide bonds. The highest BCUT2D eigenvalue weighted by Gasteiger charge is 2.16. The summed E-state index contributed by atoms with van der Waals surface area (Å²) < 4.78 is 9.44. The Morgan fingerprint density at radius 2 is 2.21 bits per heavy atom. The van der Waals surface area contributed by atoms with Crippen LogP contribution in [0.15, 0.2) is 24.7 Å². The summed E-state index contributed by atoms with van der Waals surface area (Å²) in [7, 11) is 0. The molecule has 0 aliphatic carbocycles. The molecule has 6 heteroatoms. The van der Waals surface area contributed by atoms with E-state index in [1.807, 2.05) is 19.2 Å². The predicted molar refractivity (Wildman–Crippen MR) is 75.5 cm³/mol. The van der Waals surface area contributed by atoms with E-state index in [9.17, 15) is 0 Å². The minimum Gasteiger partial charge on any atom is -0.492 e. The van der Waals surface area contributed by atoms with Gasteiger partial charge in [0.05, 0.1) is 29.9 Å². The third kappa shape index (κ3) is 3.71. The third-order valence-electron chi connectivity index (χ3n) is 2.64. The van der Waals surface area contributed by atoms with Crippen LogP contribution in [-0.2, 0) is 0 Å². The van der Waals surface area contributed by atoms with Crippen LogP contribution in [0, 0.1) is 0 Å². The van der Waals surface area contributed by atoms with Crippen LogP contribution in [0.1, 0.15) is 36.8 Å². The fourth-order valence-corrected chi connectivity index (χ4v) is 2.42. The van der Waals surface area contributed by atoms with Gasteiger partial charge in [-0.05, 0) is 43.1 Å². The Morgan fingerprint density at radius 1 is 1.32 bits per heavy atom. The summed E-state index contributed by atoms with van der Waals surface area (Å²) in [5.41, 5.74) is 1.07. The molecule has 0 aliphatic heterocycles. The smallest absolute Gasteiger partial charge is 0.137 e. The minimum atomic E-state index is 0.0767. The first kappa shape index (κ1) is 13.9. The summed E-state index contributed by atoms with van der Waals surface area (Å²) in [6, 6.07) is 2.09. The van der Waals surface area contributed by atoms with Gasteiger partial charge in [-0.25, -0.2) is 0 Å². The number of nitrogens with one attached hydrogen (secondary N) is 1. The summed E-state index contributed by atoms with van der Waals surface area (Å²) in [5, 5.41) is 7.40. The second kappa shape index (κ2) is 7.16. The van der Waals surface area contributed by atoms with E-state index in [0.717, 1.165) is 29.2 Å². The monoisotopic (exact) mass is 278 g/mol. The van der Waals surface area contributed by atoms with Crippen LogP contribution < -0.4 is 10.1 Å². The molecule has 1 unspecified atom stereocenters. The normalized spacial score (nSPS) is 12.3. The van der Waals surface area contributed by atoms with E-state index in [0.29, 0.717) is 6.61 Å². The van der Waals surface area contributed by atoms with Crippen molar-refractivity contribution in [2.75, 3.05) is 13.2 Å². The Labute approximate surface area is 117 Å². The van der Waals surface area contributed by atoms with E-state index in [4.69, 9.17) is 4.74 Å². The standard InChI is InChI=1S/C13H18N4OS/c1-3-5-15-13(12-9-16-17-19-12)10-6-11(18-4-2)8-14-7-10/h6-9,13,15H,3-5H2,1-2H3. The molecule has 5 nitrogen and oxygen atoms in total. The van der Waals surface area contributed by atoms with Gasteiger partial charge in [0, 0.05) is 6.20 Å². The van der Waals surface area contributed by atoms with Crippen LogP contribution in [-0.4, -0.2) is 27.7 Å². The molecule has 1 atom stereocenters. The Kier molecular flexibility index (Phi) is 5.23. The van der Waals surface area contributed by atoms with Crippen molar-refractivity contribution >= 4 is 11.5 Å². The van der Waals surface area contributed by atoms with Gasteiger partial charge in [0.15, 0.2) is 0 Å². The summed E-state index contributed by atoms with van der Waals surface area (Å²) >= 11 is 1.40. The van der Waals surface area contributed by atoms with E-state index in [-0.39, 0.29) is 6.04 Å². The maximum absolute atomic E-state index is 5.50. The van der Waals surface area contributed by atoms with Gasteiger partial charge < -0.3 is 10.1 Å². The predicted octanol–water partition coefficient (Wildman–Crippen LogP) is 2.42. The van der Waals surface area contributed by atoms with E-state index < -0.39 is 0 Å². The number of pyridine rings is 1. The highest BCUT2D eigenvalue weighted by Crippen LogP contribution is 2.25. The average molecular weight is 278 g/mol. The topological polar surface area (TPSA) is 59.9 Å². The molecule has 0 aromatic carbocycles. The lowest BCUT2D eigenvalue weighted by Crippen LogP contribution is -2.22. The van der Waals surface area contributed by atoms with Crippen LogP contribution in [0.3, 0.4) is 0 Å². The molecule has 0 saturated heterocycles. The van der Waals surface area contributed by atoms with Gasteiger partial charge in [-0.2, -0.15) is 0 Å². The molecule has 1 N–H and O–H groups in total. The van der Waals surface area contributed by atoms with Crippen molar-refractivity contribution in [1.29, 1.82) is 0 Å². The number of hydrogen-bond donors (Lipinski definition) is 1. The second-order valence-corrected chi connectivity index (χ2v) is 4.91. The number of nitrogens with zero attached hydrogens (tertiary/aromatic N) is 3. The molecule has 2 aromatic rings.